The Morgan fingerprint density at radius 3 is 2.79 bits per heavy atom. The minimum Gasteiger partial charge on any atom is -0.289 e. The Hall–Kier alpha value is -1.16. The fourth-order valence-corrected chi connectivity index (χ4v) is 3.25. The molecule has 0 aromatic carbocycles. The molecule has 0 radical (unpaired) electrons. The van der Waals surface area contributed by atoms with Crippen LogP contribution < -0.4 is 5.43 Å². The normalized spacial score (nSPS) is 25.8. The molecule has 0 aromatic heterocycles. The summed E-state index contributed by atoms with van der Waals surface area (Å²) in [5, 5.41) is 1.86. The molecule has 2 rings (SSSR count). The molecule has 1 N–H and O–H groups in total. The number of carbonyl (C=O) groups is 1. The van der Waals surface area contributed by atoms with Crippen molar-refractivity contribution in [1.29, 1.82) is 0 Å². The first kappa shape index (κ1) is 14.3. The van der Waals surface area contributed by atoms with Crippen molar-refractivity contribution in [1.82, 2.24) is 10.4 Å². The summed E-state index contributed by atoms with van der Waals surface area (Å²) in [6.45, 7) is 4.25. The number of nitrogens with zero attached hydrogens (tertiary/aromatic N) is 1. The summed E-state index contributed by atoms with van der Waals surface area (Å²) >= 11 is 1.65. The van der Waals surface area contributed by atoms with Crippen molar-refractivity contribution in [2.75, 3.05) is 7.05 Å². The summed E-state index contributed by atoms with van der Waals surface area (Å²) in [6.07, 6.45) is 11.7. The quantitative estimate of drug-likeness (QED) is 0.801. The Kier molecular flexibility index (Phi) is 4.75. The Morgan fingerprint density at radius 1 is 1.47 bits per heavy atom. The van der Waals surface area contributed by atoms with E-state index in [9.17, 15) is 4.79 Å². The molecule has 0 spiro atoms. The molecule has 2 atom stereocenters. The van der Waals surface area contributed by atoms with Crippen molar-refractivity contribution in [2.45, 2.75) is 38.4 Å². The van der Waals surface area contributed by atoms with Gasteiger partial charge in [-0.05, 0) is 43.1 Å². The lowest BCUT2D eigenvalue weighted by Gasteiger charge is -2.25. The van der Waals surface area contributed by atoms with Gasteiger partial charge in [-0.15, -0.1) is 11.8 Å². The van der Waals surface area contributed by atoms with E-state index in [0.29, 0.717) is 5.92 Å². The number of nitrogens with one attached hydrogen (secondary N) is 1. The highest BCUT2D eigenvalue weighted by atomic mass is 32.2. The molecule has 1 heterocycles. The molecular formula is C15H22N2OS. The van der Waals surface area contributed by atoms with Gasteiger partial charge in [-0.25, -0.2) is 0 Å². The van der Waals surface area contributed by atoms with Crippen LogP contribution >= 0.6 is 11.8 Å². The van der Waals surface area contributed by atoms with Crippen LogP contribution in [0.2, 0.25) is 0 Å². The SMILES string of the molecule is CC[C@@H]1C=CC(N(C)NC(=O)C2CC=C(C)S2)=CC1. The van der Waals surface area contributed by atoms with Crippen molar-refractivity contribution >= 4 is 17.7 Å². The van der Waals surface area contributed by atoms with Gasteiger partial charge in [0.15, 0.2) is 0 Å². The van der Waals surface area contributed by atoms with Crippen LogP contribution in [-0.2, 0) is 4.79 Å². The van der Waals surface area contributed by atoms with Crippen LogP contribution in [0.25, 0.3) is 0 Å². The second kappa shape index (κ2) is 6.33. The molecule has 3 nitrogen and oxygen atoms in total. The van der Waals surface area contributed by atoms with E-state index in [1.165, 1.54) is 11.3 Å². The third kappa shape index (κ3) is 3.66. The molecule has 0 bridgehead atoms. The molecule has 0 aromatic rings. The average Bonchev–Trinajstić information content (AvgIpc) is 2.85. The molecule has 1 aliphatic heterocycles. The van der Waals surface area contributed by atoms with Gasteiger partial charge in [-0.2, -0.15) is 0 Å². The highest BCUT2D eigenvalue weighted by molar-refractivity contribution is 8.04. The number of hydrogen-bond acceptors (Lipinski definition) is 3. The molecule has 4 heteroatoms. The molecule has 1 amide bonds. The monoisotopic (exact) mass is 278 g/mol. The first-order valence-corrected chi connectivity index (χ1v) is 7.74. The van der Waals surface area contributed by atoms with Crippen LogP contribution in [0.5, 0.6) is 0 Å². The lowest BCUT2D eigenvalue weighted by atomic mass is 9.97. The van der Waals surface area contributed by atoms with Gasteiger partial charge in [0, 0.05) is 7.05 Å². The summed E-state index contributed by atoms with van der Waals surface area (Å²) in [6, 6.07) is 0. The number of hydrazine groups is 1. The lowest BCUT2D eigenvalue weighted by Crippen LogP contribution is -2.42. The van der Waals surface area contributed by atoms with E-state index in [0.717, 1.165) is 18.5 Å². The Labute approximate surface area is 119 Å². The van der Waals surface area contributed by atoms with Crippen molar-refractivity contribution in [3.63, 3.8) is 0 Å². The molecule has 1 unspecified atom stereocenters. The minimum absolute atomic E-state index is 0.0269. The van der Waals surface area contributed by atoms with E-state index < -0.39 is 0 Å². The maximum Gasteiger partial charge on any atom is 0.252 e. The number of hydrogen-bond donors (Lipinski definition) is 1. The second-order valence-corrected chi connectivity index (χ2v) is 6.53. The molecule has 0 fully saturated rings. The fraction of sp³-hybridized carbons (Fsp3) is 0.533. The molecule has 2 aliphatic rings. The largest absolute Gasteiger partial charge is 0.289 e. The predicted octanol–water partition coefficient (Wildman–Crippen LogP) is 3.23. The predicted molar refractivity (Wildman–Crippen MR) is 81.3 cm³/mol. The zero-order valence-electron chi connectivity index (χ0n) is 11.8. The maximum atomic E-state index is 12.1. The van der Waals surface area contributed by atoms with Crippen LogP contribution in [0, 0.1) is 5.92 Å². The van der Waals surface area contributed by atoms with Crippen molar-refractivity contribution < 1.29 is 4.79 Å². The van der Waals surface area contributed by atoms with Crippen LogP contribution in [-0.4, -0.2) is 23.2 Å². The molecule has 104 valence electrons. The number of thioether (sulfide) groups is 1. The molecule has 1 aliphatic carbocycles. The van der Waals surface area contributed by atoms with Crippen molar-refractivity contribution in [3.8, 4) is 0 Å². The topological polar surface area (TPSA) is 32.3 Å². The maximum absolute atomic E-state index is 12.1. The van der Waals surface area contributed by atoms with E-state index in [1.54, 1.807) is 11.8 Å². The highest BCUT2D eigenvalue weighted by Gasteiger charge is 2.24. The van der Waals surface area contributed by atoms with E-state index in [2.05, 4.69) is 43.6 Å². The van der Waals surface area contributed by atoms with Gasteiger partial charge in [0.1, 0.15) is 0 Å². The first-order chi connectivity index (χ1) is 9.10. The van der Waals surface area contributed by atoms with E-state index in [1.807, 2.05) is 12.1 Å². The summed E-state index contributed by atoms with van der Waals surface area (Å²) in [5.74, 6) is 0.734. The average molecular weight is 278 g/mol. The van der Waals surface area contributed by atoms with Gasteiger partial charge in [0.25, 0.3) is 5.91 Å². The van der Waals surface area contributed by atoms with Crippen molar-refractivity contribution in [2.24, 2.45) is 5.92 Å². The fourth-order valence-electron chi connectivity index (χ4n) is 2.26. The number of allylic oxidation sites excluding steroid dienone is 5. The molecular weight excluding hydrogens is 256 g/mol. The van der Waals surface area contributed by atoms with Crippen LogP contribution in [0.4, 0.5) is 0 Å². The number of likely N-dealkylation sites (N-methyl/N-ethyl adjacent to an activating group) is 1. The van der Waals surface area contributed by atoms with Gasteiger partial charge in [0.2, 0.25) is 0 Å². The van der Waals surface area contributed by atoms with Gasteiger partial charge in [-0.1, -0.05) is 25.2 Å². The Balaban J connectivity index is 1.85. The summed E-state index contributed by atoms with van der Waals surface area (Å²) in [5.41, 5.74) is 4.04. The van der Waals surface area contributed by atoms with E-state index in [-0.39, 0.29) is 11.2 Å². The van der Waals surface area contributed by atoms with Crippen LogP contribution in [0.3, 0.4) is 0 Å². The Bertz CT molecular complexity index is 439. The van der Waals surface area contributed by atoms with E-state index in [4.69, 9.17) is 0 Å². The smallest absolute Gasteiger partial charge is 0.252 e. The minimum atomic E-state index is 0.0269. The summed E-state index contributed by atoms with van der Waals surface area (Å²) in [4.78, 5) is 13.3. The third-order valence-electron chi connectivity index (χ3n) is 3.60. The van der Waals surface area contributed by atoms with Crippen LogP contribution in [0.1, 0.15) is 33.1 Å². The van der Waals surface area contributed by atoms with Gasteiger partial charge < -0.3 is 0 Å². The first-order valence-electron chi connectivity index (χ1n) is 6.86. The number of amides is 1. The van der Waals surface area contributed by atoms with Crippen LogP contribution in [0.15, 0.2) is 34.9 Å². The lowest BCUT2D eigenvalue weighted by molar-refractivity contribution is -0.123. The number of carbonyl (C=O) groups excluding carboxylic acids is 1. The number of rotatable bonds is 4. The van der Waals surface area contributed by atoms with E-state index >= 15 is 0 Å². The van der Waals surface area contributed by atoms with Gasteiger partial charge >= 0.3 is 0 Å². The van der Waals surface area contributed by atoms with Gasteiger partial charge in [-0.3, -0.25) is 15.2 Å². The summed E-state index contributed by atoms with van der Waals surface area (Å²) in [7, 11) is 1.90. The second-order valence-electron chi connectivity index (χ2n) is 5.08. The Morgan fingerprint density at radius 2 is 2.26 bits per heavy atom. The van der Waals surface area contributed by atoms with Gasteiger partial charge in [0.05, 0.1) is 10.9 Å². The zero-order valence-corrected chi connectivity index (χ0v) is 12.7. The highest BCUT2D eigenvalue weighted by Crippen LogP contribution is 2.31. The molecule has 19 heavy (non-hydrogen) atoms. The summed E-state index contributed by atoms with van der Waals surface area (Å²) < 4.78 is 0. The molecule has 0 saturated heterocycles. The zero-order chi connectivity index (χ0) is 13.8. The van der Waals surface area contributed by atoms with Crippen molar-refractivity contribution in [3.05, 3.63) is 34.9 Å². The third-order valence-corrected chi connectivity index (χ3v) is 4.83. The standard InChI is InChI=1S/C15H22N2OS/c1-4-12-6-8-13(9-7-12)17(3)16-15(18)14-10-5-11(2)19-14/h5-6,8-9,12,14H,4,7,10H2,1-3H3,(H,16,18)/t12-,14?/m1/s1. The molecule has 0 saturated carbocycles.